The second-order valence-electron chi connectivity index (χ2n) is 6.07. The number of rotatable bonds is 5. The van der Waals surface area contributed by atoms with E-state index in [1.165, 1.54) is 0 Å². The molecule has 3 nitrogen and oxygen atoms in total. The van der Waals surface area contributed by atoms with E-state index in [0.717, 1.165) is 32.1 Å². The Bertz CT molecular complexity index is 237. The van der Waals surface area contributed by atoms with Gasteiger partial charge in [-0.25, -0.2) is 0 Å². The van der Waals surface area contributed by atoms with Crippen molar-refractivity contribution in [3.63, 3.8) is 0 Å². The van der Waals surface area contributed by atoms with Gasteiger partial charge in [-0.1, -0.05) is 27.2 Å². The summed E-state index contributed by atoms with van der Waals surface area (Å²) in [5.41, 5.74) is 6.02. The third-order valence-corrected chi connectivity index (χ3v) is 3.95. The van der Waals surface area contributed by atoms with Gasteiger partial charge in [-0.05, 0) is 43.6 Å². The highest BCUT2D eigenvalue weighted by molar-refractivity contribution is 5.69. The van der Waals surface area contributed by atoms with E-state index >= 15 is 0 Å². The van der Waals surface area contributed by atoms with Crippen molar-refractivity contribution in [1.82, 2.24) is 0 Å². The van der Waals surface area contributed by atoms with Gasteiger partial charge in [-0.3, -0.25) is 4.79 Å². The van der Waals surface area contributed by atoms with Crippen LogP contribution in [-0.2, 0) is 9.53 Å². The van der Waals surface area contributed by atoms with Gasteiger partial charge in [0.05, 0.1) is 0 Å². The molecule has 1 unspecified atom stereocenters. The molecular formula is C14H27NO2. The summed E-state index contributed by atoms with van der Waals surface area (Å²) in [5, 5.41) is 0. The molecule has 1 fully saturated rings. The maximum Gasteiger partial charge on any atom is 0.306 e. The molecule has 1 aliphatic carbocycles. The molecule has 17 heavy (non-hydrogen) atoms. The lowest BCUT2D eigenvalue weighted by Crippen LogP contribution is -2.29. The Kier molecular flexibility index (Phi) is 5.44. The van der Waals surface area contributed by atoms with Crippen LogP contribution in [0.3, 0.4) is 0 Å². The molecule has 0 aromatic carbocycles. The predicted octanol–water partition coefficient (Wildman–Crippen LogP) is 2.87. The minimum Gasteiger partial charge on any atom is -0.462 e. The van der Waals surface area contributed by atoms with E-state index in [0.29, 0.717) is 18.4 Å². The van der Waals surface area contributed by atoms with E-state index in [-0.39, 0.29) is 18.0 Å². The molecule has 0 aliphatic heterocycles. The second-order valence-corrected chi connectivity index (χ2v) is 6.07. The molecule has 1 atom stereocenters. The standard InChI is InChI=1S/C14H27NO2/c1-4-11(10-15)9-13(16)17-12-5-7-14(2,3)8-6-12/h11-12H,4-10,15H2,1-3H3. The number of carbonyl (C=O) groups is 1. The van der Waals surface area contributed by atoms with Gasteiger partial charge >= 0.3 is 5.97 Å². The monoisotopic (exact) mass is 241 g/mol. The smallest absolute Gasteiger partial charge is 0.306 e. The van der Waals surface area contributed by atoms with Crippen LogP contribution in [0.25, 0.3) is 0 Å². The number of ether oxygens (including phenoxy) is 1. The average Bonchev–Trinajstić information content (AvgIpc) is 2.29. The predicted molar refractivity (Wildman–Crippen MR) is 69.6 cm³/mol. The van der Waals surface area contributed by atoms with Crippen molar-refractivity contribution in [1.29, 1.82) is 0 Å². The van der Waals surface area contributed by atoms with Crippen molar-refractivity contribution in [2.45, 2.75) is 65.4 Å². The van der Waals surface area contributed by atoms with Crippen LogP contribution in [0.5, 0.6) is 0 Å². The molecule has 3 heteroatoms. The lowest BCUT2D eigenvalue weighted by molar-refractivity contribution is -0.152. The average molecular weight is 241 g/mol. The first-order valence-electron chi connectivity index (χ1n) is 6.86. The van der Waals surface area contributed by atoms with Crippen molar-refractivity contribution in [3.05, 3.63) is 0 Å². The maximum absolute atomic E-state index is 11.7. The number of carbonyl (C=O) groups excluding carboxylic acids is 1. The third-order valence-electron chi connectivity index (χ3n) is 3.95. The fourth-order valence-electron chi connectivity index (χ4n) is 2.35. The van der Waals surface area contributed by atoms with Gasteiger partial charge in [0.1, 0.15) is 6.10 Å². The normalized spacial score (nSPS) is 22.1. The maximum atomic E-state index is 11.7. The first-order chi connectivity index (χ1) is 7.96. The first kappa shape index (κ1) is 14.5. The van der Waals surface area contributed by atoms with Crippen LogP contribution in [0.15, 0.2) is 0 Å². The van der Waals surface area contributed by atoms with Crippen LogP contribution in [0.4, 0.5) is 0 Å². The summed E-state index contributed by atoms with van der Waals surface area (Å²) in [6.45, 7) is 7.20. The van der Waals surface area contributed by atoms with Gasteiger partial charge in [-0.15, -0.1) is 0 Å². The molecule has 0 radical (unpaired) electrons. The Hall–Kier alpha value is -0.570. The summed E-state index contributed by atoms with van der Waals surface area (Å²) in [5.74, 6) is 0.217. The van der Waals surface area contributed by atoms with Crippen LogP contribution in [0.1, 0.15) is 59.3 Å². The molecule has 2 N–H and O–H groups in total. The van der Waals surface area contributed by atoms with Crippen molar-refractivity contribution < 1.29 is 9.53 Å². The largest absolute Gasteiger partial charge is 0.462 e. The molecule has 100 valence electrons. The summed E-state index contributed by atoms with van der Waals surface area (Å²) >= 11 is 0. The quantitative estimate of drug-likeness (QED) is 0.753. The van der Waals surface area contributed by atoms with Gasteiger partial charge in [0, 0.05) is 6.42 Å². The topological polar surface area (TPSA) is 52.3 Å². The minimum atomic E-state index is -0.0630. The molecule has 0 amide bonds. The van der Waals surface area contributed by atoms with Crippen LogP contribution in [0.2, 0.25) is 0 Å². The Labute approximate surface area is 105 Å². The van der Waals surface area contributed by atoms with Crippen LogP contribution in [0, 0.1) is 11.3 Å². The highest BCUT2D eigenvalue weighted by Gasteiger charge is 2.28. The molecule has 0 bridgehead atoms. The van der Waals surface area contributed by atoms with Gasteiger partial charge in [0.15, 0.2) is 0 Å². The van der Waals surface area contributed by atoms with E-state index in [4.69, 9.17) is 10.5 Å². The zero-order valence-corrected chi connectivity index (χ0v) is 11.5. The highest BCUT2D eigenvalue weighted by atomic mass is 16.5. The zero-order valence-electron chi connectivity index (χ0n) is 11.5. The fraction of sp³-hybridized carbons (Fsp3) is 0.929. The number of nitrogens with two attached hydrogens (primary N) is 1. The van der Waals surface area contributed by atoms with E-state index < -0.39 is 0 Å². The first-order valence-corrected chi connectivity index (χ1v) is 6.86. The SMILES string of the molecule is CCC(CN)CC(=O)OC1CCC(C)(C)CC1. The Morgan fingerprint density at radius 2 is 2.00 bits per heavy atom. The van der Waals surface area contributed by atoms with E-state index in [9.17, 15) is 4.79 Å². The number of hydrogen-bond acceptors (Lipinski definition) is 3. The van der Waals surface area contributed by atoms with Crippen molar-refractivity contribution in [2.24, 2.45) is 17.1 Å². The second kappa shape index (κ2) is 6.39. The molecule has 1 rings (SSSR count). The van der Waals surface area contributed by atoms with Crippen molar-refractivity contribution >= 4 is 5.97 Å². The molecule has 0 spiro atoms. The van der Waals surface area contributed by atoms with E-state index in [2.05, 4.69) is 20.8 Å². The van der Waals surface area contributed by atoms with Gasteiger partial charge < -0.3 is 10.5 Å². The van der Waals surface area contributed by atoms with Gasteiger partial charge in [0.25, 0.3) is 0 Å². The summed E-state index contributed by atoms with van der Waals surface area (Å²) in [4.78, 5) is 11.7. The number of hydrogen-bond donors (Lipinski definition) is 1. The molecule has 1 aliphatic rings. The van der Waals surface area contributed by atoms with Crippen molar-refractivity contribution in [2.75, 3.05) is 6.54 Å². The zero-order chi connectivity index (χ0) is 12.9. The fourth-order valence-corrected chi connectivity index (χ4v) is 2.35. The van der Waals surface area contributed by atoms with Crippen LogP contribution >= 0.6 is 0 Å². The summed E-state index contributed by atoms with van der Waals surface area (Å²) in [7, 11) is 0. The van der Waals surface area contributed by atoms with Crippen LogP contribution in [-0.4, -0.2) is 18.6 Å². The Morgan fingerprint density at radius 1 is 1.41 bits per heavy atom. The summed E-state index contributed by atoms with van der Waals surface area (Å²) < 4.78 is 5.52. The lowest BCUT2D eigenvalue weighted by atomic mass is 9.76. The Morgan fingerprint density at radius 3 is 2.47 bits per heavy atom. The van der Waals surface area contributed by atoms with Crippen molar-refractivity contribution in [3.8, 4) is 0 Å². The highest BCUT2D eigenvalue weighted by Crippen LogP contribution is 2.36. The molecule has 0 saturated heterocycles. The summed E-state index contributed by atoms with van der Waals surface area (Å²) in [6.07, 6.45) is 5.90. The molecular weight excluding hydrogens is 214 g/mol. The van der Waals surface area contributed by atoms with Gasteiger partial charge in [-0.2, -0.15) is 0 Å². The lowest BCUT2D eigenvalue weighted by Gasteiger charge is -2.34. The van der Waals surface area contributed by atoms with Crippen LogP contribution < -0.4 is 5.73 Å². The molecule has 0 heterocycles. The Balaban J connectivity index is 2.28. The van der Waals surface area contributed by atoms with E-state index in [1.54, 1.807) is 0 Å². The third kappa shape index (κ3) is 5.07. The molecule has 0 aromatic heterocycles. The number of esters is 1. The minimum absolute atomic E-state index is 0.0630. The molecule has 0 aromatic rings. The van der Waals surface area contributed by atoms with Gasteiger partial charge in [0.2, 0.25) is 0 Å². The molecule has 1 saturated carbocycles. The van der Waals surface area contributed by atoms with E-state index in [1.807, 2.05) is 0 Å². The summed E-state index contributed by atoms with van der Waals surface area (Å²) in [6, 6.07) is 0.